The third-order valence-electron chi connectivity index (χ3n) is 3.36. The first-order valence-corrected chi connectivity index (χ1v) is 6.72. The van der Waals surface area contributed by atoms with E-state index in [0.29, 0.717) is 0 Å². The monoisotopic (exact) mass is 337 g/mol. The molecule has 0 saturated carbocycles. The highest BCUT2D eigenvalue weighted by molar-refractivity contribution is 6.03. The van der Waals surface area contributed by atoms with E-state index in [2.05, 4.69) is 4.74 Å². The van der Waals surface area contributed by atoms with Crippen LogP contribution in [0.4, 0.5) is 5.69 Å². The molecule has 0 aromatic heterocycles. The molecule has 0 unspecified atom stereocenters. The predicted octanol–water partition coefficient (Wildman–Crippen LogP) is 0.485. The van der Waals surface area contributed by atoms with Crippen molar-refractivity contribution >= 4 is 23.6 Å². The minimum absolute atomic E-state index is 0.0441. The quantitative estimate of drug-likeness (QED) is 0.755. The summed E-state index contributed by atoms with van der Waals surface area (Å²) in [5, 5.41) is 18.8. The Kier molecular flexibility index (Phi) is 5.05. The van der Waals surface area contributed by atoms with Crippen LogP contribution < -0.4 is 4.90 Å². The van der Waals surface area contributed by atoms with Gasteiger partial charge < -0.3 is 29.3 Å². The Morgan fingerprint density at radius 3 is 2.38 bits per heavy atom. The normalized spacial score (nSPS) is 14.3. The number of esters is 2. The number of aromatic hydroxyl groups is 1. The summed E-state index contributed by atoms with van der Waals surface area (Å²) in [4.78, 5) is 36.2. The molecule has 9 nitrogen and oxygen atoms in total. The van der Waals surface area contributed by atoms with Crippen molar-refractivity contribution in [2.24, 2.45) is 0 Å². The van der Waals surface area contributed by atoms with E-state index in [1.165, 1.54) is 17.0 Å². The fourth-order valence-corrected chi connectivity index (χ4v) is 2.22. The van der Waals surface area contributed by atoms with E-state index >= 15 is 0 Å². The van der Waals surface area contributed by atoms with E-state index in [4.69, 9.17) is 14.6 Å². The maximum absolute atomic E-state index is 12.1. The summed E-state index contributed by atoms with van der Waals surface area (Å²) in [6, 6.07) is 3.69. The maximum atomic E-state index is 12.1. The molecule has 24 heavy (non-hydrogen) atoms. The predicted molar refractivity (Wildman–Crippen MR) is 79.4 cm³/mol. The molecule has 0 aliphatic carbocycles. The lowest BCUT2D eigenvalue weighted by atomic mass is 10.1. The van der Waals surface area contributed by atoms with Gasteiger partial charge in [0, 0.05) is 11.8 Å². The number of aromatic carboxylic acids is 1. The van der Waals surface area contributed by atoms with Gasteiger partial charge in [0.2, 0.25) is 0 Å². The van der Waals surface area contributed by atoms with Crippen LogP contribution in [-0.2, 0) is 23.8 Å². The van der Waals surface area contributed by atoms with E-state index < -0.39 is 23.7 Å². The zero-order valence-electron chi connectivity index (χ0n) is 12.9. The van der Waals surface area contributed by atoms with Gasteiger partial charge >= 0.3 is 17.9 Å². The van der Waals surface area contributed by atoms with E-state index in [1.807, 2.05) is 0 Å². The fraction of sp³-hybridized carbons (Fsp3) is 0.267. The first-order valence-electron chi connectivity index (χ1n) is 6.72. The Labute approximate surface area is 136 Å². The number of rotatable bonds is 4. The molecule has 1 aliphatic heterocycles. The topological polar surface area (TPSA) is 123 Å². The number of phenols is 1. The molecule has 9 heteroatoms. The van der Waals surface area contributed by atoms with Crippen molar-refractivity contribution in [1.29, 1.82) is 0 Å². The summed E-state index contributed by atoms with van der Waals surface area (Å²) in [5.41, 5.74) is -0.192. The summed E-state index contributed by atoms with van der Waals surface area (Å²) in [7, 11) is 2.32. The molecule has 1 aromatic carbocycles. The number of carboxylic acid groups (broad SMARTS) is 1. The second-order valence-corrected chi connectivity index (χ2v) is 4.72. The average Bonchev–Trinajstić information content (AvgIpc) is 2.59. The Hall–Kier alpha value is -3.07. The smallest absolute Gasteiger partial charge is 0.355 e. The lowest BCUT2D eigenvalue weighted by Crippen LogP contribution is -2.38. The standard InChI is InChI=1S/C15H15NO8/c1-22-14(20)10-6-24-7-16(12(10)15(21)23-2)8-3-4-9(13(18)19)11(17)5-8/h3-5,17H,6-7H2,1-2H3,(H,18,19). The number of carboxylic acids is 1. The number of nitrogens with zero attached hydrogens (tertiary/aromatic N) is 1. The number of carbonyl (C=O) groups excluding carboxylic acids is 2. The highest BCUT2D eigenvalue weighted by Crippen LogP contribution is 2.30. The summed E-state index contributed by atoms with van der Waals surface area (Å²) in [6.45, 7) is -0.246. The third-order valence-corrected chi connectivity index (χ3v) is 3.36. The molecule has 0 bridgehead atoms. The first-order chi connectivity index (χ1) is 11.4. The number of methoxy groups -OCH3 is 2. The minimum atomic E-state index is -1.30. The molecular weight excluding hydrogens is 322 g/mol. The summed E-state index contributed by atoms with van der Waals surface area (Å²) in [5.74, 6) is -3.34. The van der Waals surface area contributed by atoms with Crippen LogP contribution in [0.2, 0.25) is 0 Å². The largest absolute Gasteiger partial charge is 0.507 e. The molecule has 0 fully saturated rings. The minimum Gasteiger partial charge on any atom is -0.507 e. The number of anilines is 1. The number of benzene rings is 1. The molecule has 0 saturated heterocycles. The van der Waals surface area contributed by atoms with Crippen molar-refractivity contribution in [1.82, 2.24) is 0 Å². The molecule has 1 aliphatic rings. The van der Waals surface area contributed by atoms with Crippen molar-refractivity contribution in [3.8, 4) is 5.75 Å². The van der Waals surface area contributed by atoms with E-state index in [0.717, 1.165) is 20.3 Å². The van der Waals surface area contributed by atoms with E-state index in [1.54, 1.807) is 0 Å². The zero-order valence-corrected chi connectivity index (χ0v) is 12.9. The molecule has 2 N–H and O–H groups in total. The van der Waals surface area contributed by atoms with E-state index in [-0.39, 0.29) is 35.9 Å². The van der Waals surface area contributed by atoms with Gasteiger partial charge in [0.05, 0.1) is 26.4 Å². The van der Waals surface area contributed by atoms with Crippen molar-refractivity contribution in [3.05, 3.63) is 35.0 Å². The number of carbonyl (C=O) groups is 3. The molecule has 1 aromatic rings. The SMILES string of the molecule is COC(=O)C1=C(C(=O)OC)N(c2ccc(C(=O)O)c(O)c2)COC1. The van der Waals surface area contributed by atoms with Crippen LogP contribution in [0.5, 0.6) is 5.75 Å². The van der Waals surface area contributed by atoms with Gasteiger partial charge in [0.15, 0.2) is 0 Å². The molecule has 0 amide bonds. The van der Waals surface area contributed by atoms with Gasteiger partial charge in [-0.05, 0) is 12.1 Å². The highest BCUT2D eigenvalue weighted by Gasteiger charge is 2.32. The molecule has 0 spiro atoms. The van der Waals surface area contributed by atoms with Gasteiger partial charge in [-0.25, -0.2) is 14.4 Å². The van der Waals surface area contributed by atoms with Crippen LogP contribution in [0, 0.1) is 0 Å². The zero-order chi connectivity index (χ0) is 17.9. The number of hydrogen-bond donors (Lipinski definition) is 2. The van der Waals surface area contributed by atoms with Gasteiger partial charge in [-0.3, -0.25) is 0 Å². The van der Waals surface area contributed by atoms with Gasteiger partial charge in [-0.2, -0.15) is 0 Å². The third kappa shape index (κ3) is 3.15. The Balaban J connectivity index is 2.54. The summed E-state index contributed by atoms with van der Waals surface area (Å²) >= 11 is 0. The average molecular weight is 337 g/mol. The van der Waals surface area contributed by atoms with Crippen molar-refractivity contribution in [2.45, 2.75) is 0 Å². The van der Waals surface area contributed by atoms with Crippen LogP contribution in [0.3, 0.4) is 0 Å². The lowest BCUT2D eigenvalue weighted by Gasteiger charge is -2.31. The van der Waals surface area contributed by atoms with Crippen LogP contribution in [0.1, 0.15) is 10.4 Å². The molecule has 128 valence electrons. The van der Waals surface area contributed by atoms with Crippen LogP contribution in [0.25, 0.3) is 0 Å². The van der Waals surface area contributed by atoms with Crippen molar-refractivity contribution in [2.75, 3.05) is 32.5 Å². The van der Waals surface area contributed by atoms with Gasteiger partial charge in [-0.1, -0.05) is 0 Å². The maximum Gasteiger partial charge on any atom is 0.355 e. The number of hydrogen-bond acceptors (Lipinski definition) is 8. The van der Waals surface area contributed by atoms with Gasteiger partial charge in [-0.15, -0.1) is 0 Å². The summed E-state index contributed by atoms with van der Waals surface area (Å²) in [6.07, 6.45) is 0. The first kappa shape index (κ1) is 17.3. The Morgan fingerprint density at radius 2 is 1.83 bits per heavy atom. The summed E-state index contributed by atoms with van der Waals surface area (Å²) < 4.78 is 14.6. The molecule has 0 atom stereocenters. The number of ether oxygens (including phenoxy) is 3. The molecule has 0 radical (unpaired) electrons. The van der Waals surface area contributed by atoms with Crippen LogP contribution in [-0.4, -0.2) is 55.7 Å². The Morgan fingerprint density at radius 1 is 1.17 bits per heavy atom. The van der Waals surface area contributed by atoms with E-state index in [9.17, 15) is 19.5 Å². The second-order valence-electron chi connectivity index (χ2n) is 4.72. The van der Waals surface area contributed by atoms with Crippen LogP contribution in [0.15, 0.2) is 29.5 Å². The lowest BCUT2D eigenvalue weighted by molar-refractivity contribution is -0.140. The van der Waals surface area contributed by atoms with Crippen molar-refractivity contribution in [3.63, 3.8) is 0 Å². The molecular formula is C15H15NO8. The molecule has 2 rings (SSSR count). The highest BCUT2D eigenvalue weighted by atomic mass is 16.5. The molecule has 1 heterocycles. The van der Waals surface area contributed by atoms with Crippen LogP contribution >= 0.6 is 0 Å². The van der Waals surface area contributed by atoms with Crippen molar-refractivity contribution < 1.29 is 38.8 Å². The second kappa shape index (κ2) is 7.01. The van der Waals surface area contributed by atoms with Gasteiger partial charge in [0.1, 0.15) is 23.7 Å². The fourth-order valence-electron chi connectivity index (χ4n) is 2.22. The Bertz CT molecular complexity index is 724. The van der Waals surface area contributed by atoms with Gasteiger partial charge in [0.25, 0.3) is 0 Å².